The van der Waals surface area contributed by atoms with Crippen LogP contribution in [0.15, 0.2) is 24.5 Å². The molecule has 0 atom stereocenters. The summed E-state index contributed by atoms with van der Waals surface area (Å²) in [6, 6.07) is 4.07. The molecule has 0 aromatic carbocycles. The highest BCUT2D eigenvalue weighted by atomic mass is 32.1. The molecular weight excluding hydrogens is 280 g/mol. The lowest BCUT2D eigenvalue weighted by Crippen LogP contribution is -2.16. The van der Waals surface area contributed by atoms with Crippen LogP contribution in [-0.2, 0) is 13.1 Å². The number of aromatic nitrogens is 2. The lowest BCUT2D eigenvalue weighted by Gasteiger charge is -2.15. The Kier molecular flexibility index (Phi) is 5.70. The first kappa shape index (κ1) is 15.9. The van der Waals surface area contributed by atoms with Gasteiger partial charge in [0, 0.05) is 37.4 Å². The van der Waals surface area contributed by atoms with Crippen molar-refractivity contribution in [1.29, 1.82) is 0 Å². The Morgan fingerprint density at radius 3 is 2.81 bits per heavy atom. The second-order valence-corrected chi connectivity index (χ2v) is 6.52. The lowest BCUT2D eigenvalue weighted by atomic mass is 10.1. The molecular formula is C16H24N4S. The standard InChI is InChI=1S/C16H24N4S/c1-5-17-10-14-15(12(2)3)19-16(21-14)20(4)11-13-7-6-8-18-9-13/h6-9,12,17H,5,10-11H2,1-4H3. The van der Waals surface area contributed by atoms with E-state index < -0.39 is 0 Å². The fraction of sp³-hybridized carbons (Fsp3) is 0.500. The number of anilines is 1. The molecule has 0 unspecified atom stereocenters. The zero-order valence-corrected chi connectivity index (χ0v) is 14.1. The summed E-state index contributed by atoms with van der Waals surface area (Å²) in [4.78, 5) is 12.6. The summed E-state index contributed by atoms with van der Waals surface area (Å²) in [6.07, 6.45) is 3.71. The highest BCUT2D eigenvalue weighted by Crippen LogP contribution is 2.30. The summed E-state index contributed by atoms with van der Waals surface area (Å²) in [7, 11) is 2.09. The quantitative estimate of drug-likeness (QED) is 0.851. The molecule has 2 heterocycles. The molecule has 0 aliphatic rings. The van der Waals surface area contributed by atoms with Crippen LogP contribution in [0.25, 0.3) is 0 Å². The molecule has 1 N–H and O–H groups in total. The van der Waals surface area contributed by atoms with Gasteiger partial charge in [-0.1, -0.05) is 26.8 Å². The lowest BCUT2D eigenvalue weighted by molar-refractivity contribution is 0.713. The van der Waals surface area contributed by atoms with Crippen molar-refractivity contribution in [3.05, 3.63) is 40.7 Å². The fourth-order valence-electron chi connectivity index (χ4n) is 2.16. The Hall–Kier alpha value is -1.46. The van der Waals surface area contributed by atoms with E-state index in [4.69, 9.17) is 4.98 Å². The highest BCUT2D eigenvalue weighted by Gasteiger charge is 2.16. The van der Waals surface area contributed by atoms with Crippen molar-refractivity contribution in [1.82, 2.24) is 15.3 Å². The number of rotatable bonds is 7. The number of nitrogens with zero attached hydrogens (tertiary/aromatic N) is 3. The molecule has 5 heteroatoms. The summed E-state index contributed by atoms with van der Waals surface area (Å²) in [5, 5.41) is 4.48. The zero-order valence-electron chi connectivity index (χ0n) is 13.3. The smallest absolute Gasteiger partial charge is 0.185 e. The van der Waals surface area contributed by atoms with Gasteiger partial charge in [-0.2, -0.15) is 0 Å². The maximum atomic E-state index is 4.84. The first-order valence-electron chi connectivity index (χ1n) is 7.42. The van der Waals surface area contributed by atoms with Crippen molar-refractivity contribution in [2.75, 3.05) is 18.5 Å². The molecule has 4 nitrogen and oxygen atoms in total. The van der Waals surface area contributed by atoms with E-state index in [0.29, 0.717) is 5.92 Å². The van der Waals surface area contributed by atoms with E-state index in [1.807, 2.05) is 12.3 Å². The second kappa shape index (κ2) is 7.52. The van der Waals surface area contributed by atoms with Gasteiger partial charge in [-0.3, -0.25) is 4.98 Å². The third kappa shape index (κ3) is 4.25. The van der Waals surface area contributed by atoms with E-state index in [9.17, 15) is 0 Å². The van der Waals surface area contributed by atoms with Crippen LogP contribution in [0.5, 0.6) is 0 Å². The van der Waals surface area contributed by atoms with Crippen LogP contribution in [-0.4, -0.2) is 23.6 Å². The molecule has 0 bridgehead atoms. The predicted molar refractivity (Wildman–Crippen MR) is 89.9 cm³/mol. The van der Waals surface area contributed by atoms with Gasteiger partial charge in [0.2, 0.25) is 0 Å². The second-order valence-electron chi connectivity index (χ2n) is 5.46. The largest absolute Gasteiger partial charge is 0.347 e. The summed E-state index contributed by atoms with van der Waals surface area (Å²) >= 11 is 1.79. The molecule has 2 aromatic heterocycles. The van der Waals surface area contributed by atoms with E-state index >= 15 is 0 Å². The SMILES string of the molecule is CCNCc1sc(N(C)Cc2cccnc2)nc1C(C)C. The molecule has 2 aromatic rings. The minimum atomic E-state index is 0.454. The maximum absolute atomic E-state index is 4.84. The molecule has 0 amide bonds. The summed E-state index contributed by atoms with van der Waals surface area (Å²) in [5.41, 5.74) is 2.42. The molecule has 0 saturated carbocycles. The third-order valence-electron chi connectivity index (χ3n) is 3.27. The number of hydrogen-bond acceptors (Lipinski definition) is 5. The number of thiazole rings is 1. The third-order valence-corrected chi connectivity index (χ3v) is 4.45. The Balaban J connectivity index is 2.15. The monoisotopic (exact) mass is 304 g/mol. The molecule has 0 fully saturated rings. The van der Waals surface area contributed by atoms with Gasteiger partial charge in [0.25, 0.3) is 0 Å². The minimum Gasteiger partial charge on any atom is -0.347 e. The van der Waals surface area contributed by atoms with E-state index in [-0.39, 0.29) is 0 Å². The average molecular weight is 304 g/mol. The fourth-order valence-corrected chi connectivity index (χ4v) is 3.31. The molecule has 2 rings (SSSR count). The van der Waals surface area contributed by atoms with Crippen LogP contribution in [0.1, 0.15) is 42.8 Å². The first-order valence-corrected chi connectivity index (χ1v) is 8.23. The van der Waals surface area contributed by atoms with Crippen LogP contribution in [0.3, 0.4) is 0 Å². The van der Waals surface area contributed by atoms with Crippen LogP contribution >= 0.6 is 11.3 Å². The zero-order chi connectivity index (χ0) is 15.2. The van der Waals surface area contributed by atoms with Crippen LogP contribution in [0, 0.1) is 0 Å². The Bertz CT molecular complexity index is 551. The van der Waals surface area contributed by atoms with Gasteiger partial charge in [0.1, 0.15) is 0 Å². The summed E-state index contributed by atoms with van der Waals surface area (Å²) < 4.78 is 0. The van der Waals surface area contributed by atoms with Crippen molar-refractivity contribution < 1.29 is 0 Å². The normalized spacial score (nSPS) is 11.1. The van der Waals surface area contributed by atoms with Gasteiger partial charge in [-0.25, -0.2) is 4.98 Å². The number of nitrogens with one attached hydrogen (secondary N) is 1. The van der Waals surface area contributed by atoms with Crippen molar-refractivity contribution in [2.24, 2.45) is 0 Å². The van der Waals surface area contributed by atoms with Gasteiger partial charge in [0.05, 0.1) is 5.69 Å². The summed E-state index contributed by atoms with van der Waals surface area (Å²) in [6.45, 7) is 9.26. The molecule has 0 radical (unpaired) electrons. The van der Waals surface area contributed by atoms with Crippen molar-refractivity contribution in [3.63, 3.8) is 0 Å². The van der Waals surface area contributed by atoms with Crippen LogP contribution in [0.4, 0.5) is 5.13 Å². The van der Waals surface area contributed by atoms with Gasteiger partial charge in [-0.05, 0) is 24.1 Å². The number of hydrogen-bond donors (Lipinski definition) is 1. The molecule has 0 saturated heterocycles. The minimum absolute atomic E-state index is 0.454. The Morgan fingerprint density at radius 1 is 1.38 bits per heavy atom. The number of pyridine rings is 1. The average Bonchev–Trinajstić information content (AvgIpc) is 2.90. The van der Waals surface area contributed by atoms with Gasteiger partial charge >= 0.3 is 0 Å². The van der Waals surface area contributed by atoms with Gasteiger partial charge in [0.15, 0.2) is 5.13 Å². The van der Waals surface area contributed by atoms with Crippen molar-refractivity contribution in [3.8, 4) is 0 Å². The molecule has 0 aliphatic heterocycles. The van der Waals surface area contributed by atoms with E-state index in [2.05, 4.69) is 49.1 Å². The van der Waals surface area contributed by atoms with Gasteiger partial charge in [-0.15, -0.1) is 11.3 Å². The maximum Gasteiger partial charge on any atom is 0.185 e. The van der Waals surface area contributed by atoms with Crippen molar-refractivity contribution in [2.45, 2.75) is 39.8 Å². The summed E-state index contributed by atoms with van der Waals surface area (Å²) in [5.74, 6) is 0.454. The van der Waals surface area contributed by atoms with E-state index in [0.717, 1.165) is 24.8 Å². The molecule has 114 valence electrons. The van der Waals surface area contributed by atoms with Crippen molar-refractivity contribution >= 4 is 16.5 Å². The Labute approximate surface area is 131 Å². The Morgan fingerprint density at radius 2 is 2.19 bits per heavy atom. The van der Waals surface area contributed by atoms with E-state index in [1.165, 1.54) is 16.1 Å². The topological polar surface area (TPSA) is 41.0 Å². The molecule has 0 spiro atoms. The van der Waals surface area contributed by atoms with Crippen LogP contribution < -0.4 is 10.2 Å². The van der Waals surface area contributed by atoms with Crippen LogP contribution in [0.2, 0.25) is 0 Å². The predicted octanol–water partition coefficient (Wildman–Crippen LogP) is 3.41. The molecule has 21 heavy (non-hydrogen) atoms. The van der Waals surface area contributed by atoms with Gasteiger partial charge < -0.3 is 10.2 Å². The van der Waals surface area contributed by atoms with E-state index in [1.54, 1.807) is 17.5 Å². The highest BCUT2D eigenvalue weighted by molar-refractivity contribution is 7.15. The molecule has 0 aliphatic carbocycles. The first-order chi connectivity index (χ1) is 10.1.